The van der Waals surface area contributed by atoms with E-state index in [4.69, 9.17) is 64.0 Å². The monoisotopic (exact) mass is 1610 g/mol. The molecule has 0 bridgehead atoms. The zero-order chi connectivity index (χ0) is 81.7. The van der Waals surface area contributed by atoms with Crippen molar-refractivity contribution in [3.05, 3.63) is 246 Å². The molecule has 0 radical (unpaired) electrons. The van der Waals surface area contributed by atoms with E-state index in [2.05, 4.69) is 29.7 Å². The summed E-state index contributed by atoms with van der Waals surface area (Å²) in [4.78, 5) is 77.6. The average Bonchev–Trinajstić information content (AvgIpc) is 1.59. The number of hydrogen-bond donors (Lipinski definition) is 3. The van der Waals surface area contributed by atoms with Crippen LogP contribution in [0.15, 0.2) is 147 Å². The molecule has 0 spiro atoms. The van der Waals surface area contributed by atoms with Crippen LogP contribution in [0.1, 0.15) is 185 Å². The number of fused-ring (bicyclic) bond motifs is 6. The van der Waals surface area contributed by atoms with Gasteiger partial charge in [0.15, 0.2) is 0 Å². The molecule has 3 aliphatic carbocycles. The van der Waals surface area contributed by atoms with Crippen LogP contribution in [0, 0.1) is 0 Å². The smallest absolute Gasteiger partial charge is 0.410 e. The molecule has 3 aromatic carbocycles. The topological polar surface area (TPSA) is 251 Å². The van der Waals surface area contributed by atoms with Crippen LogP contribution in [0.25, 0.3) is 34.9 Å². The Morgan fingerprint density at radius 1 is 0.377 bits per heavy atom. The Hall–Kier alpha value is -9.60. The molecule has 24 nitrogen and oxygen atoms in total. The standard InChI is InChI=1S/3C29H34ClN5O3/c3*1-28(2,3)38-27(36)35-13-11-34(12-14-35)26-21-9-8-20(30)16-22(21)23(15-19-7-6-10-32-25(19)26)29(4,37)24-17-31-18-33(24)5/h3*6-10,15-18,26,37H,11-14H2,1-5H3/t26-,29?;26-,29+;26-,29-/m000/s1. The van der Waals surface area contributed by atoms with E-state index in [0.29, 0.717) is 111 Å². The van der Waals surface area contributed by atoms with Gasteiger partial charge >= 0.3 is 18.3 Å². The molecule has 27 heteroatoms. The molecule has 600 valence electrons. The number of aromatic nitrogens is 9. The molecule has 9 aromatic rings. The summed E-state index contributed by atoms with van der Waals surface area (Å²) in [6.07, 6.45) is 20.7. The maximum absolute atomic E-state index is 12.7. The van der Waals surface area contributed by atoms with Gasteiger partial charge in [-0.25, -0.2) is 29.3 Å². The van der Waals surface area contributed by atoms with Crippen molar-refractivity contribution in [2.75, 3.05) is 78.5 Å². The minimum Gasteiger partial charge on any atom is -0.444 e. The Morgan fingerprint density at radius 3 is 0.842 bits per heavy atom. The van der Waals surface area contributed by atoms with Crippen molar-refractivity contribution in [2.45, 2.75) is 135 Å². The summed E-state index contributed by atoms with van der Waals surface area (Å²) in [5.74, 6) is 0. The maximum Gasteiger partial charge on any atom is 0.410 e. The number of piperazine rings is 3. The Labute approximate surface area is 681 Å². The lowest BCUT2D eigenvalue weighted by Crippen LogP contribution is -2.51. The fraction of sp³-hybridized carbons (Fsp3) is 0.414. The zero-order valence-corrected chi connectivity index (χ0v) is 69.7. The molecular weight excluding hydrogens is 1510 g/mol. The summed E-state index contributed by atoms with van der Waals surface area (Å²) in [7, 11) is 5.61. The summed E-state index contributed by atoms with van der Waals surface area (Å²) in [6.45, 7) is 29.4. The highest BCUT2D eigenvalue weighted by Crippen LogP contribution is 2.51. The van der Waals surface area contributed by atoms with E-state index in [9.17, 15) is 29.7 Å². The highest BCUT2D eigenvalue weighted by molar-refractivity contribution is 6.31. The van der Waals surface area contributed by atoms with Crippen LogP contribution in [0.5, 0.6) is 0 Å². The minimum absolute atomic E-state index is 0.185. The number of pyridine rings is 3. The molecule has 3 saturated heterocycles. The normalized spacial score (nSPS) is 19.6. The third-order valence-electron chi connectivity index (χ3n) is 21.6. The number of rotatable bonds is 9. The van der Waals surface area contributed by atoms with Crippen LogP contribution >= 0.6 is 34.8 Å². The van der Waals surface area contributed by atoms with Gasteiger partial charge in [-0.1, -0.05) is 71.2 Å². The number of carbonyl (C=O) groups excluding carboxylic acids is 3. The van der Waals surface area contributed by atoms with Gasteiger partial charge in [-0.3, -0.25) is 29.7 Å². The second-order valence-electron chi connectivity index (χ2n) is 33.4. The fourth-order valence-corrected chi connectivity index (χ4v) is 16.7. The molecule has 3 amide bonds. The van der Waals surface area contributed by atoms with Gasteiger partial charge in [-0.15, -0.1) is 0 Å². The van der Waals surface area contributed by atoms with Gasteiger partial charge < -0.3 is 57.9 Å². The number of hydrogen-bond acceptors (Lipinski definition) is 18. The first-order chi connectivity index (χ1) is 53.9. The number of carbonyl (C=O) groups is 3. The number of halogens is 3. The van der Waals surface area contributed by atoms with Gasteiger partial charge in [0.1, 0.15) is 33.6 Å². The van der Waals surface area contributed by atoms with Crippen LogP contribution < -0.4 is 0 Å². The average molecular weight is 1610 g/mol. The molecule has 1 unspecified atom stereocenters. The highest BCUT2D eigenvalue weighted by Gasteiger charge is 2.45. The minimum atomic E-state index is -1.35. The van der Waals surface area contributed by atoms with Crippen molar-refractivity contribution in [3.8, 4) is 0 Å². The predicted octanol–water partition coefficient (Wildman–Crippen LogP) is 14.6. The van der Waals surface area contributed by atoms with E-state index in [-0.39, 0.29) is 36.4 Å². The maximum atomic E-state index is 12.7. The van der Waals surface area contributed by atoms with Crippen LogP contribution in [-0.4, -0.2) is 202 Å². The Kier molecular flexibility index (Phi) is 23.6. The third kappa shape index (κ3) is 17.5. The largest absolute Gasteiger partial charge is 0.444 e. The number of aliphatic hydroxyl groups is 3. The molecule has 3 aliphatic heterocycles. The van der Waals surface area contributed by atoms with Crippen molar-refractivity contribution < 1.29 is 43.9 Å². The van der Waals surface area contributed by atoms with Gasteiger partial charge in [0.05, 0.1) is 89.9 Å². The molecule has 3 N–H and O–H groups in total. The summed E-state index contributed by atoms with van der Waals surface area (Å²) >= 11 is 19.6. The highest BCUT2D eigenvalue weighted by atomic mass is 35.5. The lowest BCUT2D eigenvalue weighted by atomic mass is 9.84. The zero-order valence-electron chi connectivity index (χ0n) is 67.4. The second kappa shape index (κ2) is 32.6. The number of aryl methyl sites for hydroxylation is 3. The molecular formula is C87H102Cl3N15O9. The first kappa shape index (κ1) is 82.4. The Bertz CT molecular complexity index is 4650. The molecule has 6 aliphatic rings. The van der Waals surface area contributed by atoms with Crippen LogP contribution in [0.3, 0.4) is 0 Å². The number of imidazole rings is 3. The van der Waals surface area contributed by atoms with Crippen molar-refractivity contribution in [2.24, 2.45) is 21.1 Å². The molecule has 3 fully saturated rings. The van der Waals surface area contributed by atoms with E-state index >= 15 is 0 Å². The van der Waals surface area contributed by atoms with Crippen LogP contribution in [0.2, 0.25) is 15.1 Å². The second-order valence-corrected chi connectivity index (χ2v) is 34.7. The van der Waals surface area contributed by atoms with E-state index < -0.39 is 33.6 Å². The molecule has 0 saturated carbocycles. The van der Waals surface area contributed by atoms with Crippen LogP contribution in [-0.2, 0) is 52.2 Å². The van der Waals surface area contributed by atoms with Crippen molar-refractivity contribution in [1.29, 1.82) is 0 Å². The quantitative estimate of drug-likeness (QED) is 0.114. The van der Waals surface area contributed by atoms with E-state index in [0.717, 1.165) is 83.9 Å². The molecule has 6 atom stereocenters. The third-order valence-corrected chi connectivity index (χ3v) is 22.3. The summed E-state index contributed by atoms with van der Waals surface area (Å²) in [6, 6.07) is 28.7. The molecule has 114 heavy (non-hydrogen) atoms. The number of amides is 3. The molecule has 9 heterocycles. The Morgan fingerprint density at radius 2 is 0.623 bits per heavy atom. The van der Waals surface area contributed by atoms with Gasteiger partial charge in [-0.2, -0.15) is 0 Å². The lowest BCUT2D eigenvalue weighted by molar-refractivity contribution is 0.0108. The van der Waals surface area contributed by atoms with Gasteiger partial charge in [0.25, 0.3) is 0 Å². The van der Waals surface area contributed by atoms with E-state index in [1.165, 1.54) is 0 Å². The van der Waals surface area contributed by atoms with E-state index in [1.54, 1.807) is 91.6 Å². The summed E-state index contributed by atoms with van der Waals surface area (Å²) < 4.78 is 22.3. The number of benzene rings is 3. The lowest BCUT2D eigenvalue weighted by Gasteiger charge is -2.40. The van der Waals surface area contributed by atoms with Gasteiger partial charge in [0, 0.05) is 133 Å². The summed E-state index contributed by atoms with van der Waals surface area (Å²) in [5, 5.41) is 37.7. The SMILES string of the molecule is Cn1cncc1C(C)(O)C1=Cc2cccnc2[C@@H](N2CCN(C(=O)OC(C)(C)C)CC2)c2ccc(Cl)cc21.Cn1cncc1[C@@](C)(O)C1=Cc2cccnc2[C@@H](N2CCN(C(=O)OC(C)(C)C)CC2)c2ccc(Cl)cc21.Cn1cncc1[C@](C)(O)C1=Cc2cccnc2[C@@H](N2CCN(C(=O)OC(C)(C)C)CC2)c2ccc(Cl)cc21. The van der Waals surface area contributed by atoms with Gasteiger partial charge in [0.2, 0.25) is 0 Å². The number of ether oxygens (including phenoxy) is 3. The van der Waals surface area contributed by atoms with Crippen LogP contribution in [0.4, 0.5) is 14.4 Å². The van der Waals surface area contributed by atoms with Gasteiger partial charge in [-0.05, 0) is 223 Å². The Balaban J connectivity index is 0.000000149. The molecule has 6 aromatic heterocycles. The van der Waals surface area contributed by atoms with Crippen molar-refractivity contribution in [3.63, 3.8) is 0 Å². The summed E-state index contributed by atoms with van der Waals surface area (Å²) in [5.41, 5.74) is 9.63. The predicted molar refractivity (Wildman–Crippen MR) is 443 cm³/mol. The van der Waals surface area contributed by atoms with E-state index in [1.807, 2.05) is 206 Å². The number of nitrogens with zero attached hydrogens (tertiary/aromatic N) is 15. The fourth-order valence-electron chi connectivity index (χ4n) is 16.2. The molecule has 15 rings (SSSR count). The van der Waals surface area contributed by atoms with Crippen molar-refractivity contribution in [1.82, 2.24) is 73.0 Å². The first-order valence-electron chi connectivity index (χ1n) is 38.5. The first-order valence-corrected chi connectivity index (χ1v) is 39.6. The van der Waals surface area contributed by atoms with Crippen molar-refractivity contribution >= 4 is 88.0 Å².